The van der Waals surface area contributed by atoms with E-state index in [9.17, 15) is 0 Å². The number of likely N-dealkylation sites (N-methyl/N-ethyl adjacent to an activating group) is 1. The van der Waals surface area contributed by atoms with Crippen molar-refractivity contribution in [2.75, 3.05) is 7.05 Å². The molecule has 2 aromatic heterocycles. The van der Waals surface area contributed by atoms with Gasteiger partial charge in [0.25, 0.3) is 0 Å². The standard InChI is InChI=1S/C15H20N2S/c1-4-12-7-8-18-15(12)14(16-3)9-13-6-5-11(2)10-17-13/h5-8,10,14,16H,4,9H2,1-3H3. The molecule has 0 fully saturated rings. The molecule has 0 aliphatic rings. The molecule has 0 radical (unpaired) electrons. The van der Waals surface area contributed by atoms with Crippen molar-refractivity contribution in [1.82, 2.24) is 10.3 Å². The predicted octanol–water partition coefficient (Wildman–Crippen LogP) is 3.52. The maximum atomic E-state index is 4.50. The minimum absolute atomic E-state index is 0.371. The van der Waals surface area contributed by atoms with Gasteiger partial charge in [-0.3, -0.25) is 4.98 Å². The third-order valence-electron chi connectivity index (χ3n) is 3.21. The Morgan fingerprint density at radius 3 is 2.78 bits per heavy atom. The largest absolute Gasteiger partial charge is 0.312 e. The summed E-state index contributed by atoms with van der Waals surface area (Å²) in [4.78, 5) is 5.94. The summed E-state index contributed by atoms with van der Waals surface area (Å²) in [6.45, 7) is 4.28. The molecule has 2 aromatic rings. The van der Waals surface area contributed by atoms with Crippen LogP contribution in [0.25, 0.3) is 0 Å². The minimum Gasteiger partial charge on any atom is -0.312 e. The molecule has 0 aromatic carbocycles. The monoisotopic (exact) mass is 260 g/mol. The lowest BCUT2D eigenvalue weighted by Crippen LogP contribution is -2.19. The van der Waals surface area contributed by atoms with Crippen LogP contribution in [0.15, 0.2) is 29.8 Å². The molecule has 2 rings (SSSR count). The molecular formula is C15H20N2S. The van der Waals surface area contributed by atoms with Gasteiger partial charge in [-0.05, 0) is 49.0 Å². The summed E-state index contributed by atoms with van der Waals surface area (Å²) >= 11 is 1.84. The van der Waals surface area contributed by atoms with Crippen LogP contribution in [-0.2, 0) is 12.8 Å². The summed E-state index contributed by atoms with van der Waals surface area (Å²) in [5, 5.41) is 5.59. The molecule has 1 N–H and O–H groups in total. The van der Waals surface area contributed by atoms with Gasteiger partial charge < -0.3 is 5.32 Å². The zero-order valence-electron chi connectivity index (χ0n) is 11.2. The van der Waals surface area contributed by atoms with Gasteiger partial charge in [-0.1, -0.05) is 13.0 Å². The zero-order valence-corrected chi connectivity index (χ0v) is 12.1. The van der Waals surface area contributed by atoms with Crippen LogP contribution in [0.5, 0.6) is 0 Å². The normalized spacial score (nSPS) is 12.6. The molecule has 0 aliphatic carbocycles. The Labute approximate surface area is 113 Å². The van der Waals surface area contributed by atoms with Crippen molar-refractivity contribution >= 4 is 11.3 Å². The van der Waals surface area contributed by atoms with E-state index >= 15 is 0 Å². The van der Waals surface area contributed by atoms with Crippen LogP contribution >= 0.6 is 11.3 Å². The maximum absolute atomic E-state index is 4.50. The molecule has 0 aliphatic heterocycles. The fraction of sp³-hybridized carbons (Fsp3) is 0.400. The van der Waals surface area contributed by atoms with Crippen molar-refractivity contribution in [3.63, 3.8) is 0 Å². The molecule has 0 bridgehead atoms. The first-order chi connectivity index (χ1) is 8.74. The molecule has 1 atom stereocenters. The van der Waals surface area contributed by atoms with E-state index in [0.29, 0.717) is 6.04 Å². The second-order valence-electron chi connectivity index (χ2n) is 4.54. The summed E-state index contributed by atoms with van der Waals surface area (Å²) in [6, 6.07) is 6.85. The number of pyridine rings is 1. The van der Waals surface area contributed by atoms with E-state index in [0.717, 1.165) is 18.5 Å². The van der Waals surface area contributed by atoms with Crippen molar-refractivity contribution in [3.05, 3.63) is 51.5 Å². The van der Waals surface area contributed by atoms with Gasteiger partial charge in [0.15, 0.2) is 0 Å². The summed E-state index contributed by atoms with van der Waals surface area (Å²) in [7, 11) is 2.03. The summed E-state index contributed by atoms with van der Waals surface area (Å²) in [6.07, 6.45) is 3.99. The fourth-order valence-electron chi connectivity index (χ4n) is 2.10. The van der Waals surface area contributed by atoms with Crippen LogP contribution in [0.2, 0.25) is 0 Å². The van der Waals surface area contributed by atoms with E-state index in [1.54, 1.807) is 0 Å². The number of hydrogen-bond donors (Lipinski definition) is 1. The van der Waals surface area contributed by atoms with Crippen LogP contribution in [0.3, 0.4) is 0 Å². The number of thiophene rings is 1. The Morgan fingerprint density at radius 2 is 2.17 bits per heavy atom. The molecule has 2 heterocycles. The highest BCUT2D eigenvalue weighted by atomic mass is 32.1. The lowest BCUT2D eigenvalue weighted by atomic mass is 10.0. The van der Waals surface area contributed by atoms with Gasteiger partial charge in [-0.25, -0.2) is 0 Å². The number of aromatic nitrogens is 1. The van der Waals surface area contributed by atoms with Gasteiger partial charge in [-0.2, -0.15) is 0 Å². The van der Waals surface area contributed by atoms with E-state index in [2.05, 4.69) is 47.7 Å². The molecule has 2 nitrogen and oxygen atoms in total. The van der Waals surface area contributed by atoms with E-state index in [1.165, 1.54) is 16.0 Å². The molecule has 0 saturated carbocycles. The smallest absolute Gasteiger partial charge is 0.0471 e. The Morgan fingerprint density at radius 1 is 1.33 bits per heavy atom. The van der Waals surface area contributed by atoms with Crippen molar-refractivity contribution in [2.24, 2.45) is 0 Å². The van der Waals surface area contributed by atoms with Gasteiger partial charge >= 0.3 is 0 Å². The Hall–Kier alpha value is -1.19. The van der Waals surface area contributed by atoms with Gasteiger partial charge in [0, 0.05) is 29.2 Å². The Kier molecular flexibility index (Phi) is 4.50. The summed E-state index contributed by atoms with van der Waals surface area (Å²) < 4.78 is 0. The van der Waals surface area contributed by atoms with Crippen molar-refractivity contribution < 1.29 is 0 Å². The SMILES string of the molecule is CCc1ccsc1C(Cc1ccc(C)cn1)NC. The van der Waals surface area contributed by atoms with Gasteiger partial charge in [0.2, 0.25) is 0 Å². The average Bonchev–Trinajstić information content (AvgIpc) is 2.86. The van der Waals surface area contributed by atoms with Crippen LogP contribution < -0.4 is 5.32 Å². The molecular weight excluding hydrogens is 240 g/mol. The predicted molar refractivity (Wildman–Crippen MR) is 78.2 cm³/mol. The molecule has 96 valence electrons. The molecule has 3 heteroatoms. The second-order valence-corrected chi connectivity index (χ2v) is 5.48. The highest BCUT2D eigenvalue weighted by molar-refractivity contribution is 7.10. The van der Waals surface area contributed by atoms with Crippen molar-refractivity contribution in [2.45, 2.75) is 32.7 Å². The second kappa shape index (κ2) is 6.12. The van der Waals surface area contributed by atoms with Crippen LogP contribution in [-0.4, -0.2) is 12.0 Å². The van der Waals surface area contributed by atoms with Gasteiger partial charge in [0.1, 0.15) is 0 Å². The number of rotatable bonds is 5. The van der Waals surface area contributed by atoms with E-state index in [1.807, 2.05) is 24.6 Å². The minimum atomic E-state index is 0.371. The number of hydrogen-bond acceptors (Lipinski definition) is 3. The van der Waals surface area contributed by atoms with E-state index in [-0.39, 0.29) is 0 Å². The lowest BCUT2D eigenvalue weighted by molar-refractivity contribution is 0.590. The Bertz CT molecular complexity index is 487. The quantitative estimate of drug-likeness (QED) is 0.889. The third kappa shape index (κ3) is 2.98. The lowest BCUT2D eigenvalue weighted by Gasteiger charge is -2.16. The first kappa shape index (κ1) is 13.2. The molecule has 0 spiro atoms. The molecule has 0 saturated heterocycles. The fourth-order valence-corrected chi connectivity index (χ4v) is 3.21. The molecule has 1 unspecified atom stereocenters. The number of aryl methyl sites for hydroxylation is 2. The van der Waals surface area contributed by atoms with Crippen LogP contribution in [0.1, 0.15) is 34.7 Å². The van der Waals surface area contributed by atoms with Gasteiger partial charge in [-0.15, -0.1) is 11.3 Å². The van der Waals surface area contributed by atoms with Crippen molar-refractivity contribution in [1.29, 1.82) is 0 Å². The Balaban J connectivity index is 2.17. The average molecular weight is 260 g/mol. The third-order valence-corrected chi connectivity index (χ3v) is 4.29. The van der Waals surface area contributed by atoms with Crippen LogP contribution in [0, 0.1) is 6.92 Å². The molecule has 18 heavy (non-hydrogen) atoms. The van der Waals surface area contributed by atoms with E-state index in [4.69, 9.17) is 0 Å². The highest BCUT2D eigenvalue weighted by Gasteiger charge is 2.15. The van der Waals surface area contributed by atoms with E-state index < -0.39 is 0 Å². The van der Waals surface area contributed by atoms with Crippen LogP contribution in [0.4, 0.5) is 0 Å². The topological polar surface area (TPSA) is 24.9 Å². The number of nitrogens with zero attached hydrogens (tertiary/aromatic N) is 1. The summed E-state index contributed by atoms with van der Waals surface area (Å²) in [5.74, 6) is 0. The summed E-state index contributed by atoms with van der Waals surface area (Å²) in [5.41, 5.74) is 3.81. The molecule has 0 amide bonds. The first-order valence-electron chi connectivity index (χ1n) is 6.39. The first-order valence-corrected chi connectivity index (χ1v) is 7.27. The zero-order chi connectivity index (χ0) is 13.0. The maximum Gasteiger partial charge on any atom is 0.0471 e. The van der Waals surface area contributed by atoms with Crippen molar-refractivity contribution in [3.8, 4) is 0 Å². The number of nitrogens with one attached hydrogen (secondary N) is 1. The highest BCUT2D eigenvalue weighted by Crippen LogP contribution is 2.27. The van der Waals surface area contributed by atoms with Gasteiger partial charge in [0.05, 0.1) is 0 Å².